The highest BCUT2D eigenvalue weighted by molar-refractivity contribution is 7.91. The second-order valence-electron chi connectivity index (χ2n) is 6.35. The Balaban J connectivity index is 1.61. The van der Waals surface area contributed by atoms with E-state index in [-0.39, 0.29) is 28.4 Å². The van der Waals surface area contributed by atoms with Crippen LogP contribution in [-0.2, 0) is 21.2 Å². The normalized spacial score (nSPS) is 16.5. The second-order valence-corrected chi connectivity index (χ2v) is 9.68. The van der Waals surface area contributed by atoms with Crippen molar-refractivity contribution in [2.24, 2.45) is 0 Å². The average Bonchev–Trinajstić information content (AvgIpc) is 3.27. The maximum absolute atomic E-state index is 13.0. The Hall–Kier alpha value is -1.77. The smallest absolute Gasteiger partial charge is 0.252 e. The highest BCUT2D eigenvalue weighted by Gasteiger charge is 2.28. The predicted octanol–water partition coefficient (Wildman–Crippen LogP) is 3.09. The number of benzene rings is 1. The molecule has 5 nitrogen and oxygen atoms in total. The first kappa shape index (κ1) is 19.0. The number of amides is 1. The molecule has 0 saturated carbocycles. The Morgan fingerprint density at radius 2 is 1.85 bits per heavy atom. The molecular weight excluding hydrogens is 375 g/mol. The fourth-order valence-electron chi connectivity index (χ4n) is 2.93. The van der Waals surface area contributed by atoms with Crippen molar-refractivity contribution < 1.29 is 17.6 Å². The fourth-order valence-corrected chi connectivity index (χ4v) is 5.96. The van der Waals surface area contributed by atoms with E-state index in [4.69, 9.17) is 0 Å². The number of hydrogen-bond donors (Lipinski definition) is 1. The number of thiophene rings is 1. The number of nitrogens with one attached hydrogen (secondary N) is 1. The topological polar surface area (TPSA) is 66.5 Å². The van der Waals surface area contributed by atoms with Crippen molar-refractivity contribution in [3.63, 3.8) is 0 Å². The monoisotopic (exact) mass is 396 g/mol. The number of carbonyl (C=O) groups excluding carboxylic acids is 1. The van der Waals surface area contributed by atoms with Crippen LogP contribution >= 0.6 is 11.3 Å². The molecule has 0 radical (unpaired) electrons. The van der Waals surface area contributed by atoms with Gasteiger partial charge in [-0.25, -0.2) is 12.8 Å². The molecule has 1 amide bonds. The molecule has 140 valence electrons. The van der Waals surface area contributed by atoms with E-state index in [2.05, 4.69) is 5.32 Å². The van der Waals surface area contributed by atoms with Crippen LogP contribution in [0.3, 0.4) is 0 Å². The molecule has 0 aliphatic carbocycles. The molecule has 2 aromatic rings. The Kier molecular flexibility index (Phi) is 5.74. The number of nitrogens with zero attached hydrogens (tertiary/aromatic N) is 1. The number of sulfonamides is 1. The summed E-state index contributed by atoms with van der Waals surface area (Å²) in [6.07, 6.45) is 1.90. The van der Waals surface area contributed by atoms with Gasteiger partial charge < -0.3 is 5.32 Å². The molecule has 3 rings (SSSR count). The lowest BCUT2D eigenvalue weighted by Gasteiger charge is -2.14. The summed E-state index contributed by atoms with van der Waals surface area (Å²) in [6.45, 7) is 2.94. The van der Waals surface area contributed by atoms with Gasteiger partial charge in [0.05, 0.1) is 12.5 Å². The van der Waals surface area contributed by atoms with Gasteiger partial charge in [-0.3, -0.25) is 4.79 Å². The first-order chi connectivity index (χ1) is 12.4. The van der Waals surface area contributed by atoms with Gasteiger partial charge in [-0.2, -0.15) is 4.31 Å². The third kappa shape index (κ3) is 4.31. The lowest BCUT2D eigenvalue weighted by atomic mass is 10.1. The minimum absolute atomic E-state index is 0.117. The summed E-state index contributed by atoms with van der Waals surface area (Å²) in [7, 11) is -3.44. The number of halogens is 1. The lowest BCUT2D eigenvalue weighted by molar-refractivity contribution is -0.121. The first-order valence-electron chi connectivity index (χ1n) is 8.50. The number of hydrogen-bond acceptors (Lipinski definition) is 4. The maximum atomic E-state index is 13.0. The van der Waals surface area contributed by atoms with Gasteiger partial charge in [-0.15, -0.1) is 11.3 Å². The van der Waals surface area contributed by atoms with Crippen LogP contribution in [-0.4, -0.2) is 31.7 Å². The van der Waals surface area contributed by atoms with Crippen LogP contribution < -0.4 is 5.32 Å². The SMILES string of the molecule is CC(NC(=O)Cc1ccc(S(=O)(=O)N2CCCC2)s1)c1ccc(F)cc1. The molecule has 1 unspecified atom stereocenters. The molecule has 1 aliphatic rings. The van der Waals surface area contributed by atoms with E-state index < -0.39 is 10.0 Å². The van der Waals surface area contributed by atoms with E-state index in [9.17, 15) is 17.6 Å². The Morgan fingerprint density at radius 1 is 1.19 bits per heavy atom. The molecule has 1 aliphatic heterocycles. The fraction of sp³-hybridized carbons (Fsp3) is 0.389. The molecule has 1 aromatic carbocycles. The summed E-state index contributed by atoms with van der Waals surface area (Å²) in [5, 5.41) is 2.85. The lowest BCUT2D eigenvalue weighted by Crippen LogP contribution is -2.28. The van der Waals surface area contributed by atoms with Gasteiger partial charge in [0.2, 0.25) is 5.91 Å². The summed E-state index contributed by atoms with van der Waals surface area (Å²) in [6, 6.07) is 8.98. The first-order valence-corrected chi connectivity index (χ1v) is 10.8. The molecule has 1 atom stereocenters. The van der Waals surface area contributed by atoms with Crippen LogP contribution in [0.5, 0.6) is 0 Å². The standard InChI is InChI=1S/C18H21FN2O3S2/c1-13(14-4-6-15(19)7-5-14)20-17(22)12-16-8-9-18(25-16)26(23,24)21-10-2-3-11-21/h4-9,13H,2-3,10-12H2,1H3,(H,20,22). The highest BCUT2D eigenvalue weighted by Crippen LogP contribution is 2.27. The Labute approximate surface area is 156 Å². The van der Waals surface area contributed by atoms with Gasteiger partial charge in [-0.1, -0.05) is 12.1 Å². The predicted molar refractivity (Wildman–Crippen MR) is 99.0 cm³/mol. The second kappa shape index (κ2) is 7.85. The zero-order chi connectivity index (χ0) is 18.7. The van der Waals surface area contributed by atoms with Crippen molar-refractivity contribution in [2.45, 2.75) is 36.4 Å². The van der Waals surface area contributed by atoms with E-state index in [1.807, 2.05) is 6.92 Å². The summed E-state index contributed by atoms with van der Waals surface area (Å²) in [4.78, 5) is 12.9. The van der Waals surface area contributed by atoms with Gasteiger partial charge in [0.1, 0.15) is 10.0 Å². The number of rotatable bonds is 6. The van der Waals surface area contributed by atoms with Gasteiger partial charge in [-0.05, 0) is 49.6 Å². The van der Waals surface area contributed by atoms with Crippen LogP contribution in [0.4, 0.5) is 4.39 Å². The molecule has 1 aromatic heterocycles. The van der Waals surface area contributed by atoms with Crippen LogP contribution in [0.25, 0.3) is 0 Å². The molecule has 2 heterocycles. The van der Waals surface area contributed by atoms with Gasteiger partial charge >= 0.3 is 0 Å². The van der Waals surface area contributed by atoms with Crippen molar-refractivity contribution in [1.29, 1.82) is 0 Å². The quantitative estimate of drug-likeness (QED) is 0.816. The summed E-state index contributed by atoms with van der Waals surface area (Å²) >= 11 is 1.14. The van der Waals surface area contributed by atoms with Gasteiger partial charge in [0, 0.05) is 18.0 Å². The summed E-state index contributed by atoms with van der Waals surface area (Å²) < 4.78 is 39.8. The van der Waals surface area contributed by atoms with E-state index in [1.165, 1.54) is 16.4 Å². The zero-order valence-electron chi connectivity index (χ0n) is 14.4. The van der Waals surface area contributed by atoms with E-state index in [0.29, 0.717) is 18.0 Å². The average molecular weight is 397 g/mol. The third-order valence-electron chi connectivity index (χ3n) is 4.38. The largest absolute Gasteiger partial charge is 0.349 e. The molecule has 0 bridgehead atoms. The molecule has 1 saturated heterocycles. The molecule has 1 N–H and O–H groups in total. The van der Waals surface area contributed by atoms with Crippen molar-refractivity contribution in [3.8, 4) is 0 Å². The Bertz CT molecular complexity index is 872. The van der Waals surface area contributed by atoms with Crippen LogP contribution in [0, 0.1) is 5.82 Å². The van der Waals surface area contributed by atoms with Crippen molar-refractivity contribution >= 4 is 27.3 Å². The molecule has 26 heavy (non-hydrogen) atoms. The minimum atomic E-state index is -3.44. The maximum Gasteiger partial charge on any atom is 0.252 e. The van der Waals surface area contributed by atoms with E-state index >= 15 is 0 Å². The van der Waals surface area contributed by atoms with Gasteiger partial charge in [0.15, 0.2) is 0 Å². The number of carbonyl (C=O) groups is 1. The highest BCUT2D eigenvalue weighted by atomic mass is 32.2. The van der Waals surface area contributed by atoms with Crippen molar-refractivity contribution in [3.05, 3.63) is 52.7 Å². The summed E-state index contributed by atoms with van der Waals surface area (Å²) in [5.74, 6) is -0.522. The Morgan fingerprint density at radius 3 is 2.50 bits per heavy atom. The summed E-state index contributed by atoms with van der Waals surface area (Å²) in [5.41, 5.74) is 0.809. The van der Waals surface area contributed by atoms with Crippen molar-refractivity contribution in [2.75, 3.05) is 13.1 Å². The van der Waals surface area contributed by atoms with Crippen LogP contribution in [0.2, 0.25) is 0 Å². The molecule has 1 fully saturated rings. The minimum Gasteiger partial charge on any atom is -0.349 e. The van der Waals surface area contributed by atoms with E-state index in [1.54, 1.807) is 24.3 Å². The molecule has 8 heteroatoms. The molecule has 0 spiro atoms. The van der Waals surface area contributed by atoms with Crippen LogP contribution in [0.1, 0.15) is 36.2 Å². The van der Waals surface area contributed by atoms with E-state index in [0.717, 1.165) is 29.7 Å². The van der Waals surface area contributed by atoms with Gasteiger partial charge in [0.25, 0.3) is 10.0 Å². The van der Waals surface area contributed by atoms with Crippen molar-refractivity contribution in [1.82, 2.24) is 9.62 Å². The van der Waals surface area contributed by atoms with Crippen LogP contribution in [0.15, 0.2) is 40.6 Å². The molecular formula is C18H21FN2O3S2. The zero-order valence-corrected chi connectivity index (χ0v) is 16.1. The third-order valence-corrected chi connectivity index (χ3v) is 7.83.